The third-order valence-electron chi connectivity index (χ3n) is 3.15. The minimum absolute atomic E-state index is 0.346. The number of amides is 1. The topological polar surface area (TPSA) is 50.7 Å². The summed E-state index contributed by atoms with van der Waals surface area (Å²) in [6.07, 6.45) is 5.16. The Morgan fingerprint density at radius 3 is 2.46 bits per heavy atom. The van der Waals surface area contributed by atoms with E-state index in [0.29, 0.717) is 10.8 Å². The van der Waals surface area contributed by atoms with Gasteiger partial charge in [0.25, 0.3) is 5.91 Å². The highest BCUT2D eigenvalue weighted by Crippen LogP contribution is 2.20. The summed E-state index contributed by atoms with van der Waals surface area (Å²) in [4.78, 5) is 12.2. The summed E-state index contributed by atoms with van der Waals surface area (Å²) in [5.41, 5.74) is 2.46. The number of allylic oxidation sites excluding steroid dienone is 1. The fourth-order valence-electron chi connectivity index (χ4n) is 1.84. The zero-order valence-electron chi connectivity index (χ0n) is 13.6. The molecule has 0 radical (unpaired) electrons. The van der Waals surface area contributed by atoms with Crippen molar-refractivity contribution in [3.63, 3.8) is 0 Å². The second-order valence-corrected chi connectivity index (χ2v) is 5.99. The zero-order valence-corrected chi connectivity index (χ0v) is 14.3. The summed E-state index contributed by atoms with van der Waals surface area (Å²) < 4.78 is 5.68. The van der Waals surface area contributed by atoms with Crippen molar-refractivity contribution < 1.29 is 9.53 Å². The van der Waals surface area contributed by atoms with E-state index in [4.69, 9.17) is 16.3 Å². The molecule has 0 aliphatic rings. The predicted molar refractivity (Wildman–Crippen MR) is 98.3 cm³/mol. The van der Waals surface area contributed by atoms with Gasteiger partial charge in [-0.15, -0.1) is 0 Å². The molecule has 2 aromatic carbocycles. The molecule has 1 N–H and O–H groups in total. The van der Waals surface area contributed by atoms with Crippen molar-refractivity contribution in [3.8, 4) is 5.75 Å². The molecule has 0 atom stereocenters. The van der Waals surface area contributed by atoms with Gasteiger partial charge < -0.3 is 4.74 Å². The van der Waals surface area contributed by atoms with Crippen LogP contribution in [0.15, 0.2) is 65.8 Å². The van der Waals surface area contributed by atoms with Crippen LogP contribution in [0.1, 0.15) is 19.4 Å². The van der Waals surface area contributed by atoms with Gasteiger partial charge in [0.1, 0.15) is 5.75 Å². The lowest BCUT2D eigenvalue weighted by atomic mass is 10.1. The number of carbonyl (C=O) groups excluding carboxylic acids is 1. The predicted octanol–water partition coefficient (Wildman–Crippen LogP) is 4.31. The van der Waals surface area contributed by atoms with Crippen LogP contribution in [-0.4, -0.2) is 17.7 Å². The molecule has 0 saturated heterocycles. The quantitative estimate of drug-likeness (QED) is 0.628. The van der Waals surface area contributed by atoms with Gasteiger partial charge >= 0.3 is 0 Å². The number of nitrogens with zero attached hydrogens (tertiary/aromatic N) is 1. The summed E-state index contributed by atoms with van der Waals surface area (Å²) in [5.74, 6) is 0.217. The Morgan fingerprint density at radius 2 is 1.79 bits per heavy atom. The van der Waals surface area contributed by atoms with E-state index in [9.17, 15) is 4.79 Å². The Morgan fingerprint density at radius 1 is 1.12 bits per heavy atom. The lowest BCUT2D eigenvalue weighted by Gasteiger charge is -2.24. The van der Waals surface area contributed by atoms with Crippen LogP contribution in [-0.2, 0) is 4.79 Å². The minimum atomic E-state index is -1.06. The average Bonchev–Trinajstić information content (AvgIpc) is 2.57. The number of hydrazone groups is 1. The number of benzene rings is 2. The number of hydrogen-bond acceptors (Lipinski definition) is 3. The number of halogens is 1. The van der Waals surface area contributed by atoms with Gasteiger partial charge in [-0.1, -0.05) is 48.0 Å². The molecule has 0 aromatic heterocycles. The van der Waals surface area contributed by atoms with E-state index in [1.165, 1.54) is 6.21 Å². The zero-order chi connectivity index (χ0) is 17.4. The number of ether oxygens (including phenoxy) is 1. The van der Waals surface area contributed by atoms with E-state index in [-0.39, 0.29) is 5.91 Å². The van der Waals surface area contributed by atoms with Gasteiger partial charge in [0, 0.05) is 11.2 Å². The Bertz CT molecular complexity index is 723. The Labute approximate surface area is 146 Å². The van der Waals surface area contributed by atoms with Crippen LogP contribution >= 0.6 is 11.6 Å². The van der Waals surface area contributed by atoms with Crippen LogP contribution in [0.25, 0.3) is 6.08 Å². The van der Waals surface area contributed by atoms with Gasteiger partial charge in [0.15, 0.2) is 5.60 Å². The fraction of sp³-hybridized carbons (Fsp3) is 0.158. The first-order valence-electron chi connectivity index (χ1n) is 7.47. The highest BCUT2D eigenvalue weighted by molar-refractivity contribution is 6.30. The van der Waals surface area contributed by atoms with Gasteiger partial charge in [-0.05, 0) is 49.8 Å². The summed E-state index contributed by atoms with van der Waals surface area (Å²) >= 11 is 5.83. The molecule has 0 fully saturated rings. The molecule has 0 spiro atoms. The molecule has 0 saturated carbocycles. The van der Waals surface area contributed by atoms with Crippen LogP contribution in [0.5, 0.6) is 5.75 Å². The molecule has 0 aliphatic heterocycles. The normalized spacial score (nSPS) is 11.8. The summed E-state index contributed by atoms with van der Waals surface area (Å²) in [5, 5.41) is 4.51. The van der Waals surface area contributed by atoms with Crippen LogP contribution in [0.2, 0.25) is 5.02 Å². The number of hydrogen-bond donors (Lipinski definition) is 1. The Kier molecular flexibility index (Phi) is 6.15. The van der Waals surface area contributed by atoms with E-state index < -0.39 is 5.60 Å². The molecular weight excluding hydrogens is 324 g/mol. The van der Waals surface area contributed by atoms with Crippen molar-refractivity contribution >= 4 is 29.8 Å². The molecule has 0 aliphatic carbocycles. The maximum atomic E-state index is 12.2. The standard InChI is InChI=1S/C19H19ClN2O2/c1-19(2,24-17-12-10-16(20)11-13-17)18(23)22-21-14-6-9-15-7-4-3-5-8-15/h3-14H,1-2H3,(H,22,23)/b9-6+,21-14-. The minimum Gasteiger partial charge on any atom is -0.478 e. The third kappa shape index (κ3) is 5.56. The summed E-state index contributed by atoms with van der Waals surface area (Å²) in [7, 11) is 0. The van der Waals surface area contributed by atoms with Crippen LogP contribution in [0.3, 0.4) is 0 Å². The molecule has 0 unspecified atom stereocenters. The van der Waals surface area contributed by atoms with E-state index in [2.05, 4.69) is 10.5 Å². The van der Waals surface area contributed by atoms with Gasteiger partial charge in [0.05, 0.1) is 0 Å². The van der Waals surface area contributed by atoms with Gasteiger partial charge in [-0.25, -0.2) is 5.43 Å². The third-order valence-corrected chi connectivity index (χ3v) is 3.40. The monoisotopic (exact) mass is 342 g/mol. The SMILES string of the molecule is CC(C)(Oc1ccc(Cl)cc1)C(=O)N/N=C\C=C\c1ccccc1. The summed E-state index contributed by atoms with van der Waals surface area (Å²) in [6.45, 7) is 3.35. The number of rotatable bonds is 6. The Balaban J connectivity index is 1.87. The molecule has 2 rings (SSSR count). The molecule has 5 heteroatoms. The van der Waals surface area contributed by atoms with Crippen LogP contribution in [0, 0.1) is 0 Å². The van der Waals surface area contributed by atoms with Gasteiger partial charge in [0.2, 0.25) is 0 Å². The molecule has 0 heterocycles. The molecular formula is C19H19ClN2O2. The Hall–Kier alpha value is -2.59. The highest BCUT2D eigenvalue weighted by atomic mass is 35.5. The second kappa shape index (κ2) is 8.31. The van der Waals surface area contributed by atoms with E-state index in [1.807, 2.05) is 36.4 Å². The van der Waals surface area contributed by atoms with Crippen LogP contribution < -0.4 is 10.2 Å². The average molecular weight is 343 g/mol. The second-order valence-electron chi connectivity index (χ2n) is 5.56. The van der Waals surface area contributed by atoms with Crippen molar-refractivity contribution in [2.75, 3.05) is 0 Å². The van der Waals surface area contributed by atoms with Gasteiger partial charge in [-0.2, -0.15) is 5.10 Å². The van der Waals surface area contributed by atoms with E-state index >= 15 is 0 Å². The maximum Gasteiger partial charge on any atom is 0.283 e. The van der Waals surface area contributed by atoms with Crippen molar-refractivity contribution in [1.82, 2.24) is 5.43 Å². The first kappa shape index (κ1) is 17.8. The summed E-state index contributed by atoms with van der Waals surface area (Å²) in [6, 6.07) is 16.7. The smallest absolute Gasteiger partial charge is 0.283 e. The molecule has 1 amide bonds. The number of nitrogens with one attached hydrogen (secondary N) is 1. The van der Waals surface area contributed by atoms with Crippen LogP contribution in [0.4, 0.5) is 0 Å². The molecule has 124 valence electrons. The van der Waals surface area contributed by atoms with Crippen molar-refractivity contribution in [2.24, 2.45) is 5.10 Å². The van der Waals surface area contributed by atoms with Gasteiger partial charge in [-0.3, -0.25) is 4.79 Å². The molecule has 24 heavy (non-hydrogen) atoms. The van der Waals surface area contributed by atoms with Crippen molar-refractivity contribution in [1.29, 1.82) is 0 Å². The first-order valence-corrected chi connectivity index (χ1v) is 7.85. The lowest BCUT2D eigenvalue weighted by molar-refractivity contribution is -0.134. The number of carbonyl (C=O) groups is 1. The molecule has 4 nitrogen and oxygen atoms in total. The maximum absolute atomic E-state index is 12.2. The lowest BCUT2D eigenvalue weighted by Crippen LogP contribution is -2.44. The largest absolute Gasteiger partial charge is 0.478 e. The van der Waals surface area contributed by atoms with Crippen molar-refractivity contribution in [2.45, 2.75) is 19.4 Å². The molecule has 0 bridgehead atoms. The molecule has 2 aromatic rings. The fourth-order valence-corrected chi connectivity index (χ4v) is 1.96. The van der Waals surface area contributed by atoms with E-state index in [0.717, 1.165) is 5.56 Å². The van der Waals surface area contributed by atoms with Crippen molar-refractivity contribution in [3.05, 3.63) is 71.3 Å². The highest BCUT2D eigenvalue weighted by Gasteiger charge is 2.29. The van der Waals surface area contributed by atoms with E-state index in [1.54, 1.807) is 44.2 Å². The first-order chi connectivity index (χ1) is 11.5.